The number of aromatic hydroxyl groups is 3. The Morgan fingerprint density at radius 1 is 1.14 bits per heavy atom. The van der Waals surface area contributed by atoms with E-state index in [0.717, 1.165) is 12.1 Å². The van der Waals surface area contributed by atoms with Crippen LogP contribution in [0.5, 0.6) is 17.2 Å². The van der Waals surface area contributed by atoms with Crippen LogP contribution in [0.4, 0.5) is 0 Å². The fourth-order valence-electron chi connectivity index (χ4n) is 1.13. The number of hydrogen-bond donors (Lipinski definition) is 5. The van der Waals surface area contributed by atoms with Crippen molar-refractivity contribution in [1.82, 2.24) is 0 Å². The van der Waals surface area contributed by atoms with Gasteiger partial charge in [-0.3, -0.25) is 4.79 Å². The highest BCUT2D eigenvalue weighted by molar-refractivity contribution is 5.90. The van der Waals surface area contributed by atoms with Gasteiger partial charge in [-0.2, -0.15) is 0 Å². The molecule has 118 valence electrons. The zero-order chi connectivity index (χ0) is 16.7. The Morgan fingerprint density at radius 2 is 1.57 bits per heavy atom. The van der Waals surface area contributed by atoms with Crippen LogP contribution >= 0.6 is 0 Å². The van der Waals surface area contributed by atoms with Crippen molar-refractivity contribution in [2.45, 2.75) is 19.9 Å². The second kappa shape index (κ2) is 7.95. The van der Waals surface area contributed by atoms with Crippen molar-refractivity contribution in [1.29, 1.82) is 0 Å². The predicted molar refractivity (Wildman–Crippen MR) is 73.2 cm³/mol. The molecule has 0 aromatic heterocycles. The second-order valence-corrected chi connectivity index (χ2v) is 4.46. The number of ether oxygens (including phenoxy) is 1. The average Bonchev–Trinajstić information content (AvgIpc) is 2.42. The number of nitrogens with two attached hydrogens (primary N) is 1. The molecule has 0 heterocycles. The molecule has 0 saturated carbocycles. The molecule has 0 aliphatic heterocycles. The normalized spacial score (nSPS) is 11.3. The molecule has 0 amide bonds. The Balaban J connectivity index is 0.000000433. The molecule has 21 heavy (non-hydrogen) atoms. The number of carbonyl (C=O) groups is 2. The molecule has 0 radical (unpaired) electrons. The summed E-state index contributed by atoms with van der Waals surface area (Å²) in [5.41, 5.74) is 5.13. The van der Waals surface area contributed by atoms with E-state index in [4.69, 9.17) is 26.2 Å². The molecule has 1 aromatic carbocycles. The van der Waals surface area contributed by atoms with E-state index in [1.165, 1.54) is 7.11 Å². The zero-order valence-corrected chi connectivity index (χ0v) is 11.9. The maximum atomic E-state index is 10.9. The molecule has 1 rings (SSSR count). The van der Waals surface area contributed by atoms with Gasteiger partial charge in [-0.25, -0.2) is 4.79 Å². The molecule has 1 atom stereocenters. The number of aliphatic carboxylic acids is 1. The topological polar surface area (TPSA) is 150 Å². The number of phenols is 3. The van der Waals surface area contributed by atoms with E-state index in [1.54, 1.807) is 13.8 Å². The van der Waals surface area contributed by atoms with Gasteiger partial charge in [-0.1, -0.05) is 13.8 Å². The van der Waals surface area contributed by atoms with Crippen LogP contribution in [0.1, 0.15) is 24.2 Å². The number of phenolic OH excluding ortho intramolecular Hbond substituents is 3. The molecule has 0 bridgehead atoms. The van der Waals surface area contributed by atoms with E-state index in [-0.39, 0.29) is 11.5 Å². The van der Waals surface area contributed by atoms with Gasteiger partial charge in [0.25, 0.3) is 0 Å². The number of hydrogen-bond acceptors (Lipinski definition) is 7. The van der Waals surface area contributed by atoms with Crippen LogP contribution in [0.15, 0.2) is 12.1 Å². The summed E-state index contributed by atoms with van der Waals surface area (Å²) in [4.78, 5) is 20.9. The van der Waals surface area contributed by atoms with Crippen LogP contribution in [-0.4, -0.2) is 45.5 Å². The van der Waals surface area contributed by atoms with E-state index in [9.17, 15) is 9.59 Å². The third kappa shape index (κ3) is 5.57. The minimum Gasteiger partial charge on any atom is -0.504 e. The number of carboxylic acid groups (broad SMARTS) is 1. The average molecular weight is 301 g/mol. The Bertz CT molecular complexity index is 490. The smallest absolute Gasteiger partial charge is 0.338 e. The van der Waals surface area contributed by atoms with Gasteiger partial charge < -0.3 is 30.9 Å². The van der Waals surface area contributed by atoms with Gasteiger partial charge in [0.1, 0.15) is 6.04 Å². The lowest BCUT2D eigenvalue weighted by molar-refractivity contribution is -0.139. The van der Waals surface area contributed by atoms with E-state index in [0.29, 0.717) is 0 Å². The molecule has 0 aliphatic rings. The molecule has 6 N–H and O–H groups in total. The number of esters is 1. The molecular weight excluding hydrogens is 282 g/mol. The number of rotatable bonds is 3. The SMILES string of the molecule is CC(C)[C@H](N)C(=O)O.COC(=O)c1cc(O)c(O)c(O)c1. The van der Waals surface area contributed by atoms with Gasteiger partial charge in [-0.15, -0.1) is 0 Å². The molecule has 0 unspecified atom stereocenters. The van der Waals surface area contributed by atoms with Crippen LogP contribution in [-0.2, 0) is 9.53 Å². The summed E-state index contributed by atoms with van der Waals surface area (Å²) in [5.74, 6) is -3.41. The van der Waals surface area contributed by atoms with Gasteiger partial charge in [-0.05, 0) is 18.1 Å². The monoisotopic (exact) mass is 301 g/mol. The number of carbonyl (C=O) groups excluding carboxylic acids is 1. The lowest BCUT2D eigenvalue weighted by Gasteiger charge is -2.07. The van der Waals surface area contributed by atoms with Crippen molar-refractivity contribution >= 4 is 11.9 Å². The van der Waals surface area contributed by atoms with Crippen molar-refractivity contribution in [3.05, 3.63) is 17.7 Å². The standard InChI is InChI=1S/C8H8O5.C5H11NO2/c1-13-8(12)4-2-5(9)7(11)6(10)3-4;1-3(2)4(6)5(7)8/h2-3,9-11H,1H3;3-4H,6H2,1-2H3,(H,7,8)/t;4-/m.0/s1. The highest BCUT2D eigenvalue weighted by atomic mass is 16.5. The third-order valence-electron chi connectivity index (χ3n) is 2.49. The lowest BCUT2D eigenvalue weighted by atomic mass is 10.1. The highest BCUT2D eigenvalue weighted by Gasteiger charge is 2.14. The minimum atomic E-state index is -0.931. The summed E-state index contributed by atoms with van der Waals surface area (Å²) >= 11 is 0. The highest BCUT2D eigenvalue weighted by Crippen LogP contribution is 2.35. The zero-order valence-electron chi connectivity index (χ0n) is 11.9. The largest absolute Gasteiger partial charge is 0.504 e. The lowest BCUT2D eigenvalue weighted by Crippen LogP contribution is -2.34. The first-order valence-electron chi connectivity index (χ1n) is 5.93. The van der Waals surface area contributed by atoms with Crippen molar-refractivity contribution in [2.24, 2.45) is 11.7 Å². The van der Waals surface area contributed by atoms with E-state index >= 15 is 0 Å². The molecule has 8 heteroatoms. The van der Waals surface area contributed by atoms with Crippen LogP contribution in [0, 0.1) is 5.92 Å². The third-order valence-corrected chi connectivity index (χ3v) is 2.49. The molecule has 8 nitrogen and oxygen atoms in total. The summed E-state index contributed by atoms with van der Waals surface area (Å²) in [7, 11) is 1.17. The molecule has 1 aromatic rings. The molecule has 0 fully saturated rings. The number of methoxy groups -OCH3 is 1. The quantitative estimate of drug-likeness (QED) is 0.403. The minimum absolute atomic E-state index is 0.0208. The summed E-state index contributed by atoms with van der Waals surface area (Å²) in [6, 6.07) is 1.29. The van der Waals surface area contributed by atoms with Crippen LogP contribution < -0.4 is 5.73 Å². The maximum Gasteiger partial charge on any atom is 0.338 e. The predicted octanol–water partition coefficient (Wildman–Crippen LogP) is 0.644. The van der Waals surface area contributed by atoms with Gasteiger partial charge >= 0.3 is 11.9 Å². The second-order valence-electron chi connectivity index (χ2n) is 4.46. The van der Waals surface area contributed by atoms with Gasteiger partial charge in [0, 0.05) is 0 Å². The summed E-state index contributed by atoms with van der Waals surface area (Å²) < 4.78 is 4.34. The van der Waals surface area contributed by atoms with E-state index < -0.39 is 35.2 Å². The summed E-state index contributed by atoms with van der Waals surface area (Å²) in [6.45, 7) is 3.55. The first-order valence-corrected chi connectivity index (χ1v) is 5.93. The Kier molecular flexibility index (Phi) is 7.01. The molecule has 0 aliphatic carbocycles. The van der Waals surface area contributed by atoms with Crippen molar-refractivity contribution in [3.8, 4) is 17.2 Å². The summed E-state index contributed by atoms with van der Waals surface area (Å²) in [5, 5.41) is 35.2. The van der Waals surface area contributed by atoms with E-state index in [1.807, 2.05) is 0 Å². The van der Waals surface area contributed by atoms with Crippen LogP contribution in [0.3, 0.4) is 0 Å². The first-order chi connectivity index (χ1) is 9.61. The number of benzene rings is 1. The van der Waals surface area contributed by atoms with Gasteiger partial charge in [0.2, 0.25) is 0 Å². The number of carboxylic acids is 1. The molecular formula is C13H19NO7. The van der Waals surface area contributed by atoms with Crippen molar-refractivity contribution in [3.63, 3.8) is 0 Å². The Labute approximate surface area is 121 Å². The Hall–Kier alpha value is -2.48. The van der Waals surface area contributed by atoms with Crippen LogP contribution in [0.25, 0.3) is 0 Å². The summed E-state index contributed by atoms with van der Waals surface area (Å²) in [6.07, 6.45) is 0. The molecule has 0 spiro atoms. The van der Waals surface area contributed by atoms with Gasteiger partial charge in [0.15, 0.2) is 17.2 Å². The van der Waals surface area contributed by atoms with E-state index in [2.05, 4.69) is 4.74 Å². The van der Waals surface area contributed by atoms with Crippen molar-refractivity contribution in [2.75, 3.05) is 7.11 Å². The maximum absolute atomic E-state index is 10.9. The Morgan fingerprint density at radius 3 is 1.81 bits per heavy atom. The van der Waals surface area contributed by atoms with Crippen molar-refractivity contribution < 1.29 is 34.8 Å². The molecule has 0 saturated heterocycles. The first kappa shape index (κ1) is 18.5. The fourth-order valence-corrected chi connectivity index (χ4v) is 1.13. The fraction of sp³-hybridized carbons (Fsp3) is 0.385. The van der Waals surface area contributed by atoms with Gasteiger partial charge in [0.05, 0.1) is 12.7 Å². The van der Waals surface area contributed by atoms with Crippen LogP contribution in [0.2, 0.25) is 0 Å².